The lowest BCUT2D eigenvalue weighted by Crippen LogP contribution is -2.28. The number of nitrogens with zero attached hydrogens (tertiary/aromatic N) is 2. The molecule has 1 aliphatic heterocycles. The van der Waals surface area contributed by atoms with Crippen LogP contribution in [0.25, 0.3) is 0 Å². The van der Waals surface area contributed by atoms with Crippen molar-refractivity contribution in [1.29, 1.82) is 0 Å². The molecule has 0 radical (unpaired) electrons. The summed E-state index contributed by atoms with van der Waals surface area (Å²) in [7, 11) is 1.98. The predicted octanol–water partition coefficient (Wildman–Crippen LogP) is 2.63. The third-order valence-electron chi connectivity index (χ3n) is 3.58. The topological polar surface area (TPSA) is 39.1 Å². The average Bonchev–Trinajstić information content (AvgIpc) is 2.91. The zero-order valence-electron chi connectivity index (χ0n) is 11.3. The molecule has 1 aliphatic rings. The Balaban J connectivity index is 2.23. The number of ether oxygens (including phenoxy) is 1. The normalized spacial score (nSPS) is 25.6. The summed E-state index contributed by atoms with van der Waals surface area (Å²) in [4.78, 5) is 0. The van der Waals surface area contributed by atoms with Gasteiger partial charge in [0.2, 0.25) is 0 Å². The molecular formula is C13H22ClN3O. The zero-order valence-corrected chi connectivity index (χ0v) is 12.1. The van der Waals surface area contributed by atoms with Gasteiger partial charge in [0, 0.05) is 12.5 Å². The number of aryl methyl sites for hydroxylation is 1. The first-order valence-corrected chi connectivity index (χ1v) is 7.05. The number of aromatic nitrogens is 2. The van der Waals surface area contributed by atoms with E-state index in [-0.39, 0.29) is 6.04 Å². The molecule has 2 rings (SSSR count). The van der Waals surface area contributed by atoms with Crippen molar-refractivity contribution < 1.29 is 4.74 Å². The van der Waals surface area contributed by atoms with Crippen molar-refractivity contribution >= 4 is 11.6 Å². The predicted molar refractivity (Wildman–Crippen MR) is 72.8 cm³/mol. The van der Waals surface area contributed by atoms with Crippen LogP contribution in [0.1, 0.15) is 38.4 Å². The van der Waals surface area contributed by atoms with Crippen LogP contribution in [0.4, 0.5) is 0 Å². The summed E-state index contributed by atoms with van der Waals surface area (Å²) < 4.78 is 7.69. The first kappa shape index (κ1) is 13.8. The van der Waals surface area contributed by atoms with Gasteiger partial charge < -0.3 is 10.1 Å². The van der Waals surface area contributed by atoms with Gasteiger partial charge in [-0.2, -0.15) is 5.10 Å². The summed E-state index contributed by atoms with van der Waals surface area (Å²) in [6.07, 6.45) is 4.21. The minimum absolute atomic E-state index is 0.219. The van der Waals surface area contributed by atoms with Crippen molar-refractivity contribution in [2.24, 2.45) is 5.92 Å². The number of hydrogen-bond donors (Lipinski definition) is 1. The van der Waals surface area contributed by atoms with Crippen molar-refractivity contribution in [1.82, 2.24) is 15.1 Å². The maximum absolute atomic E-state index is 6.30. The first-order valence-electron chi connectivity index (χ1n) is 6.67. The standard InChI is InChI=1S/C13H22ClN3O/c1-4-5-17-13(11(14)7-16-17)12(15-3)10-6-9(2)18-8-10/h7,9-10,12,15H,4-6,8H2,1-3H3. The number of nitrogens with one attached hydrogen (secondary N) is 1. The van der Waals surface area contributed by atoms with Crippen LogP contribution in [0, 0.1) is 5.92 Å². The van der Waals surface area contributed by atoms with E-state index in [2.05, 4.69) is 24.3 Å². The molecule has 0 aromatic carbocycles. The van der Waals surface area contributed by atoms with Crippen LogP contribution in [-0.2, 0) is 11.3 Å². The molecule has 0 bridgehead atoms. The molecule has 1 saturated heterocycles. The van der Waals surface area contributed by atoms with Crippen molar-refractivity contribution in [3.63, 3.8) is 0 Å². The highest BCUT2D eigenvalue weighted by Gasteiger charge is 2.32. The SMILES string of the molecule is CCCn1ncc(Cl)c1C(NC)C1COC(C)C1. The Labute approximate surface area is 114 Å². The fourth-order valence-electron chi connectivity index (χ4n) is 2.75. The molecule has 1 fully saturated rings. The van der Waals surface area contributed by atoms with Crippen LogP contribution in [0.15, 0.2) is 6.20 Å². The fourth-order valence-corrected chi connectivity index (χ4v) is 3.01. The number of rotatable bonds is 5. The van der Waals surface area contributed by atoms with Crippen LogP contribution in [0.5, 0.6) is 0 Å². The van der Waals surface area contributed by atoms with Gasteiger partial charge in [0.25, 0.3) is 0 Å². The molecule has 5 heteroatoms. The van der Waals surface area contributed by atoms with Crippen molar-refractivity contribution in [3.05, 3.63) is 16.9 Å². The van der Waals surface area contributed by atoms with E-state index in [1.54, 1.807) is 6.20 Å². The summed E-state index contributed by atoms with van der Waals surface area (Å²) in [5.41, 5.74) is 1.10. The molecule has 102 valence electrons. The average molecular weight is 272 g/mol. The number of hydrogen-bond acceptors (Lipinski definition) is 3. The Morgan fingerprint density at radius 2 is 2.44 bits per heavy atom. The highest BCUT2D eigenvalue weighted by molar-refractivity contribution is 6.31. The monoisotopic (exact) mass is 271 g/mol. The van der Waals surface area contributed by atoms with Gasteiger partial charge in [-0.05, 0) is 26.8 Å². The van der Waals surface area contributed by atoms with Gasteiger partial charge in [0.15, 0.2) is 0 Å². The maximum atomic E-state index is 6.30. The molecule has 0 aliphatic carbocycles. The minimum atomic E-state index is 0.219. The lowest BCUT2D eigenvalue weighted by atomic mass is 9.94. The number of halogens is 1. The molecule has 3 atom stereocenters. The molecule has 0 spiro atoms. The van der Waals surface area contributed by atoms with Crippen LogP contribution >= 0.6 is 11.6 Å². The third-order valence-corrected chi connectivity index (χ3v) is 3.87. The molecule has 18 heavy (non-hydrogen) atoms. The van der Waals surface area contributed by atoms with E-state index in [0.717, 1.165) is 36.7 Å². The highest BCUT2D eigenvalue weighted by Crippen LogP contribution is 2.34. The zero-order chi connectivity index (χ0) is 13.1. The summed E-state index contributed by atoms with van der Waals surface area (Å²) >= 11 is 6.30. The van der Waals surface area contributed by atoms with E-state index < -0.39 is 0 Å². The summed E-state index contributed by atoms with van der Waals surface area (Å²) in [5.74, 6) is 0.467. The van der Waals surface area contributed by atoms with Crippen molar-refractivity contribution in [2.75, 3.05) is 13.7 Å². The Hall–Kier alpha value is -0.580. The van der Waals surface area contributed by atoms with Crippen LogP contribution in [0.2, 0.25) is 5.02 Å². The Bertz CT molecular complexity index is 394. The molecule has 2 heterocycles. The van der Waals surface area contributed by atoms with E-state index in [4.69, 9.17) is 16.3 Å². The Morgan fingerprint density at radius 1 is 1.67 bits per heavy atom. The molecule has 3 unspecified atom stereocenters. The van der Waals surface area contributed by atoms with Gasteiger partial charge in [-0.15, -0.1) is 0 Å². The first-order chi connectivity index (χ1) is 8.67. The fraction of sp³-hybridized carbons (Fsp3) is 0.769. The van der Waals surface area contributed by atoms with Gasteiger partial charge >= 0.3 is 0 Å². The Morgan fingerprint density at radius 3 is 3.00 bits per heavy atom. The van der Waals surface area contributed by atoms with E-state index in [0.29, 0.717) is 12.0 Å². The van der Waals surface area contributed by atoms with Crippen LogP contribution in [0.3, 0.4) is 0 Å². The molecule has 1 aromatic rings. The summed E-state index contributed by atoms with van der Waals surface area (Å²) in [6.45, 7) is 5.97. The van der Waals surface area contributed by atoms with E-state index in [9.17, 15) is 0 Å². The molecule has 4 nitrogen and oxygen atoms in total. The summed E-state index contributed by atoms with van der Waals surface area (Å²) in [5, 5.41) is 8.50. The molecule has 1 N–H and O–H groups in total. The van der Waals surface area contributed by atoms with Gasteiger partial charge in [-0.25, -0.2) is 0 Å². The van der Waals surface area contributed by atoms with Crippen LogP contribution in [-0.4, -0.2) is 29.5 Å². The second kappa shape index (κ2) is 6.04. The molecule has 0 saturated carbocycles. The molecular weight excluding hydrogens is 250 g/mol. The van der Waals surface area contributed by atoms with Gasteiger partial charge in [-0.1, -0.05) is 18.5 Å². The van der Waals surface area contributed by atoms with Crippen molar-refractivity contribution in [2.45, 2.75) is 45.4 Å². The van der Waals surface area contributed by atoms with E-state index >= 15 is 0 Å². The maximum Gasteiger partial charge on any atom is 0.0834 e. The quantitative estimate of drug-likeness (QED) is 0.895. The van der Waals surface area contributed by atoms with Gasteiger partial charge in [0.1, 0.15) is 0 Å². The summed E-state index contributed by atoms with van der Waals surface area (Å²) in [6, 6.07) is 0.219. The van der Waals surface area contributed by atoms with Gasteiger partial charge in [0.05, 0.1) is 35.7 Å². The Kier molecular flexibility index (Phi) is 4.65. The second-order valence-electron chi connectivity index (χ2n) is 5.01. The van der Waals surface area contributed by atoms with E-state index in [1.807, 2.05) is 11.7 Å². The minimum Gasteiger partial charge on any atom is -0.378 e. The lowest BCUT2D eigenvalue weighted by Gasteiger charge is -2.23. The molecule has 0 amide bonds. The third kappa shape index (κ3) is 2.71. The van der Waals surface area contributed by atoms with E-state index in [1.165, 1.54) is 0 Å². The van der Waals surface area contributed by atoms with Gasteiger partial charge in [-0.3, -0.25) is 4.68 Å². The lowest BCUT2D eigenvalue weighted by molar-refractivity contribution is 0.117. The van der Waals surface area contributed by atoms with Crippen LogP contribution < -0.4 is 5.32 Å². The highest BCUT2D eigenvalue weighted by atomic mass is 35.5. The smallest absolute Gasteiger partial charge is 0.0834 e. The molecule has 1 aromatic heterocycles. The second-order valence-corrected chi connectivity index (χ2v) is 5.41. The largest absolute Gasteiger partial charge is 0.378 e. The van der Waals surface area contributed by atoms with Crippen molar-refractivity contribution in [3.8, 4) is 0 Å².